The fourth-order valence-electron chi connectivity index (χ4n) is 2.28. The van der Waals surface area contributed by atoms with Crippen molar-refractivity contribution < 1.29 is 0 Å². The van der Waals surface area contributed by atoms with Gasteiger partial charge in [-0.3, -0.25) is 0 Å². The minimum Gasteiger partial charge on any atom is -0.378 e. The van der Waals surface area contributed by atoms with Gasteiger partial charge in [-0.15, -0.1) is 0 Å². The van der Waals surface area contributed by atoms with Gasteiger partial charge < -0.3 is 4.90 Å². The van der Waals surface area contributed by atoms with Gasteiger partial charge in [0.1, 0.15) is 0 Å². The Balaban J connectivity index is 2.11. The predicted molar refractivity (Wildman–Crippen MR) is 72.4 cm³/mol. The number of nitrogens with zero attached hydrogens (tertiary/aromatic N) is 1. The van der Waals surface area contributed by atoms with Gasteiger partial charge in [0.15, 0.2) is 0 Å². The normalized spacial score (nSPS) is 19.6. The summed E-state index contributed by atoms with van der Waals surface area (Å²) in [5.41, 5.74) is 0. The summed E-state index contributed by atoms with van der Waals surface area (Å²) < 4.78 is 0. The van der Waals surface area contributed by atoms with Crippen LogP contribution in [-0.4, -0.2) is 18.0 Å². The predicted octanol–water partition coefficient (Wildman–Crippen LogP) is 4.45. The fourth-order valence-corrected chi connectivity index (χ4v) is 2.28. The van der Waals surface area contributed by atoms with Crippen LogP contribution in [0.1, 0.15) is 59.3 Å². The van der Waals surface area contributed by atoms with E-state index in [2.05, 4.69) is 37.9 Å². The summed E-state index contributed by atoms with van der Waals surface area (Å²) in [6.07, 6.45) is 13.0. The van der Waals surface area contributed by atoms with Crippen molar-refractivity contribution in [3.05, 3.63) is 12.3 Å². The molecule has 1 heterocycles. The highest BCUT2D eigenvalue weighted by Gasteiger charge is 2.05. The highest BCUT2D eigenvalue weighted by Crippen LogP contribution is 2.15. The van der Waals surface area contributed by atoms with Crippen molar-refractivity contribution in [1.82, 2.24) is 4.90 Å². The average Bonchev–Trinajstić information content (AvgIpc) is 2.27. The molecule has 0 aromatic rings. The number of hydrogen-bond acceptors (Lipinski definition) is 1. The summed E-state index contributed by atoms with van der Waals surface area (Å²) in [7, 11) is 0. The molecule has 0 unspecified atom stereocenters. The molecule has 0 spiro atoms. The van der Waals surface area contributed by atoms with E-state index in [9.17, 15) is 0 Å². The Morgan fingerprint density at radius 3 is 2.31 bits per heavy atom. The molecule has 0 amide bonds. The number of rotatable bonds is 6. The van der Waals surface area contributed by atoms with E-state index in [1.807, 2.05) is 0 Å². The molecule has 1 aliphatic heterocycles. The lowest BCUT2D eigenvalue weighted by atomic mass is 9.99. The van der Waals surface area contributed by atoms with Gasteiger partial charge in [0.25, 0.3) is 0 Å². The number of hydrogen-bond donors (Lipinski definition) is 0. The second-order valence-corrected chi connectivity index (χ2v) is 5.74. The standard InChI is InChI=1S/C15H29N/c1-14(2)8-7-9-15(3)10-13-16-11-5-4-6-12-16/h10,13-15H,4-9,11-12H2,1-3H3/t15-/m0/s1. The van der Waals surface area contributed by atoms with Crippen LogP contribution in [0.15, 0.2) is 12.3 Å². The molecular formula is C15H29N. The molecule has 0 radical (unpaired) electrons. The number of likely N-dealkylation sites (tertiary alicyclic amines) is 1. The van der Waals surface area contributed by atoms with E-state index in [-0.39, 0.29) is 0 Å². The van der Waals surface area contributed by atoms with Gasteiger partial charge in [-0.05, 0) is 43.7 Å². The zero-order chi connectivity index (χ0) is 11.8. The van der Waals surface area contributed by atoms with Crippen LogP contribution in [0.4, 0.5) is 0 Å². The lowest BCUT2D eigenvalue weighted by molar-refractivity contribution is 0.307. The SMILES string of the molecule is CC(C)CCC[C@H](C)C=CN1CCCCC1. The Kier molecular flexibility index (Phi) is 6.59. The van der Waals surface area contributed by atoms with Crippen molar-refractivity contribution in [2.45, 2.75) is 59.3 Å². The Bertz CT molecular complexity index is 190. The van der Waals surface area contributed by atoms with Crippen LogP contribution >= 0.6 is 0 Å². The third-order valence-electron chi connectivity index (χ3n) is 3.46. The van der Waals surface area contributed by atoms with Crippen molar-refractivity contribution in [2.75, 3.05) is 13.1 Å². The van der Waals surface area contributed by atoms with E-state index in [4.69, 9.17) is 0 Å². The van der Waals surface area contributed by atoms with Crippen molar-refractivity contribution in [1.29, 1.82) is 0 Å². The van der Waals surface area contributed by atoms with E-state index in [0.29, 0.717) is 0 Å². The van der Waals surface area contributed by atoms with Gasteiger partial charge >= 0.3 is 0 Å². The molecule has 1 nitrogen and oxygen atoms in total. The van der Waals surface area contributed by atoms with Crippen molar-refractivity contribution in [2.24, 2.45) is 11.8 Å². The Morgan fingerprint density at radius 1 is 1.00 bits per heavy atom. The Hall–Kier alpha value is -0.460. The van der Waals surface area contributed by atoms with Crippen molar-refractivity contribution >= 4 is 0 Å². The van der Waals surface area contributed by atoms with Crippen LogP contribution in [0.5, 0.6) is 0 Å². The zero-order valence-corrected chi connectivity index (χ0v) is 11.4. The fraction of sp³-hybridized carbons (Fsp3) is 0.867. The first kappa shape index (κ1) is 13.6. The van der Waals surface area contributed by atoms with Crippen LogP contribution in [0, 0.1) is 11.8 Å². The monoisotopic (exact) mass is 223 g/mol. The molecule has 0 aromatic heterocycles. The minimum atomic E-state index is 0.751. The molecule has 16 heavy (non-hydrogen) atoms. The maximum absolute atomic E-state index is 2.49. The second-order valence-electron chi connectivity index (χ2n) is 5.74. The highest BCUT2D eigenvalue weighted by atomic mass is 15.1. The lowest BCUT2D eigenvalue weighted by Gasteiger charge is -2.25. The molecule has 1 fully saturated rings. The third kappa shape index (κ3) is 6.19. The van der Waals surface area contributed by atoms with Crippen molar-refractivity contribution in [3.63, 3.8) is 0 Å². The molecule has 0 saturated carbocycles. The van der Waals surface area contributed by atoms with Crippen LogP contribution in [0.3, 0.4) is 0 Å². The summed E-state index contributed by atoms with van der Waals surface area (Å²) in [6.45, 7) is 9.52. The molecule has 1 heteroatoms. The maximum atomic E-state index is 2.49. The molecule has 94 valence electrons. The first-order valence-electron chi connectivity index (χ1n) is 7.11. The molecule has 0 N–H and O–H groups in total. The summed E-state index contributed by atoms with van der Waals surface area (Å²) >= 11 is 0. The molecule has 1 aliphatic rings. The number of piperidine rings is 1. The van der Waals surface area contributed by atoms with Gasteiger partial charge in [0, 0.05) is 13.1 Å². The second kappa shape index (κ2) is 7.76. The summed E-state index contributed by atoms with van der Waals surface area (Å²) in [4.78, 5) is 2.49. The topological polar surface area (TPSA) is 3.24 Å². The van der Waals surface area contributed by atoms with Crippen LogP contribution in [0.2, 0.25) is 0 Å². The van der Waals surface area contributed by atoms with Crippen LogP contribution in [-0.2, 0) is 0 Å². The Morgan fingerprint density at radius 2 is 1.69 bits per heavy atom. The van der Waals surface area contributed by atoms with Gasteiger partial charge in [0.2, 0.25) is 0 Å². The van der Waals surface area contributed by atoms with E-state index >= 15 is 0 Å². The van der Waals surface area contributed by atoms with Crippen LogP contribution < -0.4 is 0 Å². The molecule has 0 aromatic carbocycles. The quantitative estimate of drug-likeness (QED) is 0.643. The first-order valence-corrected chi connectivity index (χ1v) is 7.11. The Labute approximate surface area is 102 Å². The molecule has 0 bridgehead atoms. The van der Waals surface area contributed by atoms with E-state index in [0.717, 1.165) is 11.8 Å². The van der Waals surface area contributed by atoms with Crippen molar-refractivity contribution in [3.8, 4) is 0 Å². The van der Waals surface area contributed by atoms with Gasteiger partial charge in [-0.1, -0.05) is 39.7 Å². The maximum Gasteiger partial charge on any atom is 0.0172 e. The molecular weight excluding hydrogens is 194 g/mol. The number of allylic oxidation sites excluding steroid dienone is 1. The van der Waals surface area contributed by atoms with Gasteiger partial charge in [-0.2, -0.15) is 0 Å². The molecule has 1 rings (SSSR count). The first-order chi connectivity index (χ1) is 7.68. The van der Waals surface area contributed by atoms with E-state index < -0.39 is 0 Å². The third-order valence-corrected chi connectivity index (χ3v) is 3.46. The smallest absolute Gasteiger partial charge is 0.0172 e. The highest BCUT2D eigenvalue weighted by molar-refractivity contribution is 4.87. The van der Waals surface area contributed by atoms with E-state index in [1.54, 1.807) is 0 Å². The van der Waals surface area contributed by atoms with Gasteiger partial charge in [-0.25, -0.2) is 0 Å². The zero-order valence-electron chi connectivity index (χ0n) is 11.4. The van der Waals surface area contributed by atoms with Crippen LogP contribution in [0.25, 0.3) is 0 Å². The largest absolute Gasteiger partial charge is 0.378 e. The summed E-state index contributed by atoms with van der Waals surface area (Å²) in [6, 6.07) is 0. The summed E-state index contributed by atoms with van der Waals surface area (Å²) in [5.74, 6) is 1.61. The lowest BCUT2D eigenvalue weighted by Crippen LogP contribution is -2.24. The minimum absolute atomic E-state index is 0.751. The molecule has 0 aliphatic carbocycles. The molecule has 1 atom stereocenters. The average molecular weight is 223 g/mol. The summed E-state index contributed by atoms with van der Waals surface area (Å²) in [5, 5.41) is 0. The molecule has 1 saturated heterocycles. The van der Waals surface area contributed by atoms with Gasteiger partial charge in [0.05, 0.1) is 0 Å². The van der Waals surface area contributed by atoms with E-state index in [1.165, 1.54) is 51.6 Å².